The van der Waals surface area contributed by atoms with Gasteiger partial charge in [0.15, 0.2) is 0 Å². The zero-order valence-electron chi connectivity index (χ0n) is 9.97. The Kier molecular flexibility index (Phi) is 4.66. The van der Waals surface area contributed by atoms with Gasteiger partial charge in [0.1, 0.15) is 12.1 Å². The maximum absolute atomic E-state index is 11.7. The van der Waals surface area contributed by atoms with E-state index in [-0.39, 0.29) is 18.7 Å². The van der Waals surface area contributed by atoms with Crippen LogP contribution in [0.5, 0.6) is 0 Å². The number of nitrogens with one attached hydrogen (secondary N) is 2. The Morgan fingerprint density at radius 3 is 2.78 bits per heavy atom. The molecule has 7 nitrogen and oxygen atoms in total. The van der Waals surface area contributed by atoms with Crippen molar-refractivity contribution in [2.24, 2.45) is 5.92 Å². The molecule has 3 N–H and O–H groups in total. The van der Waals surface area contributed by atoms with Crippen LogP contribution in [0, 0.1) is 17.2 Å². The van der Waals surface area contributed by atoms with Crippen LogP contribution >= 0.6 is 0 Å². The van der Waals surface area contributed by atoms with Gasteiger partial charge in [-0.3, -0.25) is 9.59 Å². The van der Waals surface area contributed by atoms with Crippen molar-refractivity contribution in [1.29, 1.82) is 5.26 Å². The number of hydrogen-bond donors (Lipinski definition) is 3. The summed E-state index contributed by atoms with van der Waals surface area (Å²) < 4.78 is 0. The molecule has 0 aromatic carbocycles. The smallest absolute Gasteiger partial charge is 0.326 e. The van der Waals surface area contributed by atoms with E-state index in [4.69, 9.17) is 10.4 Å². The third kappa shape index (κ3) is 3.73. The topological polar surface area (TPSA) is 119 Å². The van der Waals surface area contributed by atoms with Crippen molar-refractivity contribution in [2.75, 3.05) is 0 Å². The molecular formula is C11H15N3O4. The molecule has 1 aliphatic heterocycles. The van der Waals surface area contributed by atoms with Crippen LogP contribution in [0.25, 0.3) is 0 Å². The highest BCUT2D eigenvalue weighted by atomic mass is 16.4. The standard InChI is InChI=1S/C11H15N3O4/c1-6(5-12)4-8(11(17)18)14-10(16)7-2-3-9(15)13-7/h6-8H,2-4H2,1H3,(H,13,15)(H,14,16)(H,17,18)/t6-,7+,8-/m0/s1. The summed E-state index contributed by atoms with van der Waals surface area (Å²) in [5.74, 6) is -2.38. The molecule has 2 amide bonds. The van der Waals surface area contributed by atoms with Crippen molar-refractivity contribution in [2.45, 2.75) is 38.3 Å². The van der Waals surface area contributed by atoms with Gasteiger partial charge in [0, 0.05) is 12.3 Å². The van der Waals surface area contributed by atoms with Gasteiger partial charge in [-0.2, -0.15) is 5.26 Å². The van der Waals surface area contributed by atoms with Crippen molar-refractivity contribution >= 4 is 17.8 Å². The normalized spacial score (nSPS) is 21.6. The fourth-order valence-corrected chi connectivity index (χ4v) is 1.71. The van der Waals surface area contributed by atoms with Crippen molar-refractivity contribution < 1.29 is 19.5 Å². The van der Waals surface area contributed by atoms with Gasteiger partial charge in [-0.1, -0.05) is 0 Å². The SMILES string of the molecule is C[C@H](C#N)C[C@H](NC(=O)[C@H]1CCC(=O)N1)C(=O)O. The van der Waals surface area contributed by atoms with Crippen LogP contribution in [0.1, 0.15) is 26.2 Å². The first-order valence-corrected chi connectivity index (χ1v) is 5.66. The minimum absolute atomic E-state index is 0.0399. The second-order valence-electron chi connectivity index (χ2n) is 4.32. The van der Waals surface area contributed by atoms with E-state index in [2.05, 4.69) is 10.6 Å². The van der Waals surface area contributed by atoms with Crippen molar-refractivity contribution in [1.82, 2.24) is 10.6 Å². The van der Waals surface area contributed by atoms with Crippen molar-refractivity contribution in [3.63, 3.8) is 0 Å². The summed E-state index contributed by atoms with van der Waals surface area (Å²) >= 11 is 0. The van der Waals surface area contributed by atoms with Gasteiger partial charge in [-0.15, -0.1) is 0 Å². The predicted octanol–water partition coefficient (Wildman–Crippen LogP) is -0.616. The Balaban J connectivity index is 2.56. The quantitative estimate of drug-likeness (QED) is 0.603. The number of carboxylic acids is 1. The zero-order chi connectivity index (χ0) is 13.7. The lowest BCUT2D eigenvalue weighted by Crippen LogP contribution is -2.49. The number of hydrogen-bond acceptors (Lipinski definition) is 4. The number of amides is 2. The molecule has 1 heterocycles. The van der Waals surface area contributed by atoms with E-state index >= 15 is 0 Å². The van der Waals surface area contributed by atoms with Gasteiger partial charge in [0.05, 0.1) is 6.07 Å². The van der Waals surface area contributed by atoms with Gasteiger partial charge >= 0.3 is 5.97 Å². The molecule has 0 spiro atoms. The number of nitrogens with zero attached hydrogens (tertiary/aromatic N) is 1. The van der Waals surface area contributed by atoms with E-state index in [1.165, 1.54) is 0 Å². The van der Waals surface area contributed by atoms with Crippen LogP contribution < -0.4 is 10.6 Å². The minimum atomic E-state index is -1.19. The molecule has 0 radical (unpaired) electrons. The van der Waals surface area contributed by atoms with E-state index in [1.54, 1.807) is 6.92 Å². The predicted molar refractivity (Wildman–Crippen MR) is 60.1 cm³/mol. The number of aliphatic carboxylic acids is 1. The van der Waals surface area contributed by atoms with E-state index < -0.39 is 29.9 Å². The Morgan fingerprint density at radius 2 is 2.33 bits per heavy atom. The molecule has 98 valence electrons. The largest absolute Gasteiger partial charge is 0.480 e. The molecule has 0 aromatic rings. The molecule has 1 rings (SSSR count). The van der Waals surface area contributed by atoms with Gasteiger partial charge in [-0.05, 0) is 19.8 Å². The van der Waals surface area contributed by atoms with E-state index in [0.717, 1.165) is 0 Å². The lowest BCUT2D eigenvalue weighted by Gasteiger charge is -2.18. The molecule has 0 aromatic heterocycles. The van der Waals surface area contributed by atoms with Gasteiger partial charge < -0.3 is 15.7 Å². The maximum Gasteiger partial charge on any atom is 0.326 e. The molecule has 18 heavy (non-hydrogen) atoms. The van der Waals surface area contributed by atoms with E-state index in [1.807, 2.05) is 6.07 Å². The van der Waals surface area contributed by atoms with Crippen molar-refractivity contribution in [3.05, 3.63) is 0 Å². The molecule has 0 saturated carbocycles. The highest BCUT2D eigenvalue weighted by Crippen LogP contribution is 2.09. The maximum atomic E-state index is 11.7. The Bertz CT molecular complexity index is 402. The Morgan fingerprint density at radius 1 is 1.67 bits per heavy atom. The summed E-state index contributed by atoms with van der Waals surface area (Å²) in [6.45, 7) is 1.58. The molecule has 0 aliphatic carbocycles. The summed E-state index contributed by atoms with van der Waals surface area (Å²) in [5.41, 5.74) is 0. The highest BCUT2D eigenvalue weighted by molar-refractivity contribution is 5.92. The fraction of sp³-hybridized carbons (Fsp3) is 0.636. The average molecular weight is 253 g/mol. The third-order valence-electron chi connectivity index (χ3n) is 2.74. The number of nitriles is 1. The second kappa shape index (κ2) is 6.00. The second-order valence-corrected chi connectivity index (χ2v) is 4.32. The number of carbonyl (C=O) groups is 3. The molecule has 1 aliphatic rings. The zero-order valence-corrected chi connectivity index (χ0v) is 9.97. The summed E-state index contributed by atoms with van der Waals surface area (Å²) in [6.07, 6.45) is 0.674. The van der Waals surface area contributed by atoms with Crippen LogP contribution in [0.3, 0.4) is 0 Å². The first-order valence-electron chi connectivity index (χ1n) is 5.66. The van der Waals surface area contributed by atoms with Crippen molar-refractivity contribution in [3.8, 4) is 6.07 Å². The monoisotopic (exact) mass is 253 g/mol. The fourth-order valence-electron chi connectivity index (χ4n) is 1.71. The Hall–Kier alpha value is -2.10. The van der Waals surface area contributed by atoms with Crippen LogP contribution in [0.4, 0.5) is 0 Å². The molecular weight excluding hydrogens is 238 g/mol. The summed E-state index contributed by atoms with van der Waals surface area (Å²) in [6, 6.07) is 0.139. The molecule has 3 atom stereocenters. The first-order chi connectivity index (χ1) is 8.43. The molecule has 7 heteroatoms. The van der Waals surface area contributed by atoms with Gasteiger partial charge in [0.25, 0.3) is 0 Å². The first kappa shape index (κ1) is 14.0. The van der Waals surface area contributed by atoms with Crippen LogP contribution in [0.2, 0.25) is 0 Å². The summed E-state index contributed by atoms with van der Waals surface area (Å²) in [7, 11) is 0. The number of carbonyl (C=O) groups excluding carboxylic acids is 2. The lowest BCUT2D eigenvalue weighted by atomic mass is 10.0. The van der Waals surface area contributed by atoms with Crippen LogP contribution in [-0.4, -0.2) is 35.0 Å². The molecule has 1 fully saturated rings. The van der Waals surface area contributed by atoms with Crippen LogP contribution in [-0.2, 0) is 14.4 Å². The van der Waals surface area contributed by atoms with Gasteiger partial charge in [-0.25, -0.2) is 4.79 Å². The lowest BCUT2D eigenvalue weighted by molar-refractivity contribution is -0.142. The van der Waals surface area contributed by atoms with E-state index in [9.17, 15) is 14.4 Å². The molecule has 1 saturated heterocycles. The number of carboxylic acid groups (broad SMARTS) is 1. The summed E-state index contributed by atoms with van der Waals surface area (Å²) in [5, 5.41) is 22.4. The van der Waals surface area contributed by atoms with Gasteiger partial charge in [0.2, 0.25) is 11.8 Å². The van der Waals surface area contributed by atoms with E-state index in [0.29, 0.717) is 6.42 Å². The molecule has 0 unspecified atom stereocenters. The highest BCUT2D eigenvalue weighted by Gasteiger charge is 2.30. The number of rotatable bonds is 5. The Labute approximate surface area is 104 Å². The molecule has 0 bridgehead atoms. The minimum Gasteiger partial charge on any atom is -0.480 e. The average Bonchev–Trinajstić information content (AvgIpc) is 2.74. The third-order valence-corrected chi connectivity index (χ3v) is 2.74. The van der Waals surface area contributed by atoms with Crippen LogP contribution in [0.15, 0.2) is 0 Å². The summed E-state index contributed by atoms with van der Waals surface area (Å²) in [4.78, 5) is 33.6.